The fourth-order valence-corrected chi connectivity index (χ4v) is 1.86. The van der Waals surface area contributed by atoms with E-state index in [0.29, 0.717) is 0 Å². The largest absolute Gasteiger partial charge is 0.293 e. The fraction of sp³-hybridized carbons (Fsp3) is 0.600. The monoisotopic (exact) mass is 279 g/mol. The number of nitro benzene ring substituents is 1. The zero-order valence-electron chi connectivity index (χ0n) is 13.2. The van der Waals surface area contributed by atoms with Crippen molar-refractivity contribution in [1.29, 1.82) is 0 Å². The maximum atomic E-state index is 10.7. The SMILES string of the molecule is CC(C)(C)NC(NC(C)(C)C)c1ccc([N+](=O)[O-])cc1. The molecule has 0 aliphatic rings. The van der Waals surface area contributed by atoms with Gasteiger partial charge in [-0.1, -0.05) is 0 Å². The second-order valence-electron chi connectivity index (χ2n) is 7.07. The maximum Gasteiger partial charge on any atom is 0.269 e. The normalized spacial score (nSPS) is 12.8. The van der Waals surface area contributed by atoms with Crippen LogP contribution in [0.15, 0.2) is 24.3 Å². The molecule has 0 radical (unpaired) electrons. The summed E-state index contributed by atoms with van der Waals surface area (Å²) >= 11 is 0. The van der Waals surface area contributed by atoms with Crippen molar-refractivity contribution in [3.8, 4) is 0 Å². The van der Waals surface area contributed by atoms with E-state index in [1.807, 2.05) is 0 Å². The molecule has 0 aromatic heterocycles. The quantitative estimate of drug-likeness (QED) is 0.504. The summed E-state index contributed by atoms with van der Waals surface area (Å²) in [4.78, 5) is 10.3. The molecule has 0 spiro atoms. The van der Waals surface area contributed by atoms with Gasteiger partial charge in [-0.3, -0.25) is 20.7 Å². The molecule has 0 saturated carbocycles. The third kappa shape index (κ3) is 5.67. The van der Waals surface area contributed by atoms with Crippen LogP contribution in [0.5, 0.6) is 0 Å². The summed E-state index contributed by atoms with van der Waals surface area (Å²) in [5.74, 6) is 0. The number of nitrogens with one attached hydrogen (secondary N) is 2. The highest BCUT2D eigenvalue weighted by molar-refractivity contribution is 5.34. The number of hydrogen-bond acceptors (Lipinski definition) is 4. The van der Waals surface area contributed by atoms with Gasteiger partial charge in [-0.15, -0.1) is 0 Å². The average molecular weight is 279 g/mol. The Morgan fingerprint density at radius 2 is 1.35 bits per heavy atom. The number of nitrogens with zero attached hydrogens (tertiary/aromatic N) is 1. The topological polar surface area (TPSA) is 67.2 Å². The van der Waals surface area contributed by atoms with Gasteiger partial charge in [-0.2, -0.15) is 0 Å². The van der Waals surface area contributed by atoms with Crippen LogP contribution in [0.1, 0.15) is 53.3 Å². The molecule has 112 valence electrons. The van der Waals surface area contributed by atoms with Crippen LogP contribution in [0.25, 0.3) is 0 Å². The molecule has 0 fully saturated rings. The average Bonchev–Trinajstić information content (AvgIpc) is 2.24. The fourth-order valence-electron chi connectivity index (χ4n) is 1.86. The van der Waals surface area contributed by atoms with E-state index >= 15 is 0 Å². The highest BCUT2D eigenvalue weighted by Gasteiger charge is 2.23. The Morgan fingerprint density at radius 1 is 0.950 bits per heavy atom. The van der Waals surface area contributed by atoms with Crippen LogP contribution in [-0.2, 0) is 0 Å². The van der Waals surface area contributed by atoms with Crippen LogP contribution < -0.4 is 10.6 Å². The van der Waals surface area contributed by atoms with Crippen molar-refractivity contribution in [2.45, 2.75) is 58.8 Å². The van der Waals surface area contributed by atoms with Crippen molar-refractivity contribution >= 4 is 5.69 Å². The van der Waals surface area contributed by atoms with Crippen LogP contribution in [0.2, 0.25) is 0 Å². The third-order valence-corrected chi connectivity index (χ3v) is 2.59. The zero-order valence-corrected chi connectivity index (χ0v) is 13.2. The van der Waals surface area contributed by atoms with E-state index in [9.17, 15) is 10.1 Å². The van der Waals surface area contributed by atoms with E-state index in [1.165, 1.54) is 12.1 Å². The van der Waals surface area contributed by atoms with Crippen molar-refractivity contribution in [3.05, 3.63) is 39.9 Å². The van der Waals surface area contributed by atoms with Gasteiger partial charge in [-0.05, 0) is 59.2 Å². The highest BCUT2D eigenvalue weighted by atomic mass is 16.6. The van der Waals surface area contributed by atoms with Crippen molar-refractivity contribution < 1.29 is 4.92 Å². The third-order valence-electron chi connectivity index (χ3n) is 2.59. The summed E-state index contributed by atoms with van der Waals surface area (Å²) in [5, 5.41) is 17.7. The summed E-state index contributed by atoms with van der Waals surface area (Å²) < 4.78 is 0. The summed E-state index contributed by atoms with van der Waals surface area (Å²) in [6.07, 6.45) is -0.0594. The van der Waals surface area contributed by atoms with Gasteiger partial charge in [0.25, 0.3) is 5.69 Å². The number of hydrogen-bond donors (Lipinski definition) is 2. The van der Waals surface area contributed by atoms with Gasteiger partial charge in [0.2, 0.25) is 0 Å². The van der Waals surface area contributed by atoms with Crippen LogP contribution in [0.4, 0.5) is 5.69 Å². The molecule has 20 heavy (non-hydrogen) atoms. The zero-order chi connectivity index (χ0) is 15.6. The minimum atomic E-state index is -0.382. The van der Waals surface area contributed by atoms with Gasteiger partial charge in [0.05, 0.1) is 11.1 Å². The summed E-state index contributed by atoms with van der Waals surface area (Å²) in [5.41, 5.74) is 0.967. The highest BCUT2D eigenvalue weighted by Crippen LogP contribution is 2.20. The first-order chi connectivity index (χ1) is 8.98. The molecule has 0 aliphatic heterocycles. The predicted molar refractivity (Wildman–Crippen MR) is 81.6 cm³/mol. The number of nitro groups is 1. The van der Waals surface area contributed by atoms with E-state index < -0.39 is 0 Å². The summed E-state index contributed by atoms with van der Waals surface area (Å²) in [7, 11) is 0. The molecule has 1 aromatic rings. The van der Waals surface area contributed by atoms with E-state index in [2.05, 4.69) is 52.2 Å². The lowest BCUT2D eigenvalue weighted by molar-refractivity contribution is -0.384. The first kappa shape index (κ1) is 16.6. The molecule has 0 bridgehead atoms. The molecular formula is C15H25N3O2. The Labute approximate surface area is 120 Å². The van der Waals surface area contributed by atoms with E-state index in [4.69, 9.17) is 0 Å². The molecule has 2 N–H and O–H groups in total. The summed E-state index contributed by atoms with van der Waals surface area (Å²) in [6.45, 7) is 12.6. The smallest absolute Gasteiger partial charge is 0.269 e. The Hall–Kier alpha value is -1.46. The number of non-ortho nitro benzene ring substituents is 1. The van der Waals surface area contributed by atoms with E-state index in [-0.39, 0.29) is 27.9 Å². The number of benzene rings is 1. The molecule has 5 heteroatoms. The van der Waals surface area contributed by atoms with Gasteiger partial charge in [0.1, 0.15) is 0 Å². The molecule has 0 amide bonds. The first-order valence-electron chi connectivity index (χ1n) is 6.78. The van der Waals surface area contributed by atoms with Crippen molar-refractivity contribution in [2.75, 3.05) is 0 Å². The minimum Gasteiger partial charge on any atom is -0.293 e. The Morgan fingerprint density at radius 3 is 1.65 bits per heavy atom. The Kier molecular flexibility index (Phi) is 4.89. The van der Waals surface area contributed by atoms with Crippen LogP contribution >= 0.6 is 0 Å². The van der Waals surface area contributed by atoms with Crippen LogP contribution in [-0.4, -0.2) is 16.0 Å². The van der Waals surface area contributed by atoms with E-state index in [0.717, 1.165) is 5.56 Å². The predicted octanol–water partition coefficient (Wildman–Crippen LogP) is 3.37. The number of rotatable bonds is 4. The lowest BCUT2D eigenvalue weighted by atomic mass is 10.0. The molecule has 1 rings (SSSR count). The maximum absolute atomic E-state index is 10.7. The standard InChI is InChI=1S/C15H25N3O2/c1-14(2,3)16-13(17-15(4,5)6)11-7-9-12(10-8-11)18(19)20/h7-10,13,16-17H,1-6H3. The second kappa shape index (κ2) is 5.89. The van der Waals surface area contributed by atoms with Crippen LogP contribution in [0, 0.1) is 10.1 Å². The second-order valence-corrected chi connectivity index (χ2v) is 7.07. The van der Waals surface area contributed by atoms with Crippen molar-refractivity contribution in [1.82, 2.24) is 10.6 Å². The molecular weight excluding hydrogens is 254 g/mol. The molecule has 5 nitrogen and oxygen atoms in total. The molecule has 0 atom stereocenters. The molecule has 0 heterocycles. The van der Waals surface area contributed by atoms with Gasteiger partial charge >= 0.3 is 0 Å². The van der Waals surface area contributed by atoms with Crippen molar-refractivity contribution in [3.63, 3.8) is 0 Å². The lowest BCUT2D eigenvalue weighted by Crippen LogP contribution is -2.50. The molecule has 0 saturated heterocycles. The first-order valence-corrected chi connectivity index (χ1v) is 6.78. The van der Waals surface area contributed by atoms with Crippen LogP contribution in [0.3, 0.4) is 0 Å². The Balaban J connectivity index is 3.00. The lowest BCUT2D eigenvalue weighted by Gasteiger charge is -2.34. The molecule has 1 aromatic carbocycles. The van der Waals surface area contributed by atoms with Gasteiger partial charge in [0.15, 0.2) is 0 Å². The summed E-state index contributed by atoms with van der Waals surface area (Å²) in [6, 6.07) is 6.66. The minimum absolute atomic E-state index is 0.0594. The van der Waals surface area contributed by atoms with Crippen molar-refractivity contribution in [2.24, 2.45) is 0 Å². The molecule has 0 unspecified atom stereocenters. The Bertz CT molecular complexity index is 439. The van der Waals surface area contributed by atoms with E-state index in [1.54, 1.807) is 12.1 Å². The van der Waals surface area contributed by atoms with Gasteiger partial charge in [0, 0.05) is 23.2 Å². The van der Waals surface area contributed by atoms with Gasteiger partial charge < -0.3 is 0 Å². The van der Waals surface area contributed by atoms with Gasteiger partial charge in [-0.25, -0.2) is 0 Å². The molecule has 0 aliphatic carbocycles.